The fourth-order valence-corrected chi connectivity index (χ4v) is 4.14. The molecule has 4 atom stereocenters. The number of fused-ring (bicyclic) bond motifs is 1. The van der Waals surface area contributed by atoms with Crippen LogP contribution in [-0.2, 0) is 14.3 Å². The van der Waals surface area contributed by atoms with Crippen molar-refractivity contribution in [2.45, 2.75) is 56.3 Å². The molecule has 116 valence electrons. The first-order valence-electron chi connectivity index (χ1n) is 7.46. The molecule has 0 aromatic rings. The van der Waals surface area contributed by atoms with Crippen molar-refractivity contribution < 1.29 is 19.4 Å². The largest absolute Gasteiger partial charge is 0.453 e. The zero-order valence-electron chi connectivity index (χ0n) is 12.0. The van der Waals surface area contributed by atoms with Crippen LogP contribution in [0.5, 0.6) is 0 Å². The molecule has 0 unspecified atom stereocenters. The minimum atomic E-state index is -1.34. The lowest BCUT2D eigenvalue weighted by Gasteiger charge is -2.53. The predicted octanol–water partition coefficient (Wildman–Crippen LogP) is 1.28. The van der Waals surface area contributed by atoms with Crippen molar-refractivity contribution >= 4 is 23.5 Å². The summed E-state index contributed by atoms with van der Waals surface area (Å²) in [4.78, 5) is 24.4. The molecule has 0 radical (unpaired) electrons. The van der Waals surface area contributed by atoms with Gasteiger partial charge in [0.2, 0.25) is 11.4 Å². The molecule has 3 aliphatic rings. The van der Waals surface area contributed by atoms with E-state index in [2.05, 4.69) is 5.32 Å². The van der Waals surface area contributed by atoms with E-state index in [0.29, 0.717) is 12.3 Å². The Balaban J connectivity index is 1.96. The third kappa shape index (κ3) is 1.80. The summed E-state index contributed by atoms with van der Waals surface area (Å²) in [7, 11) is 0. The Kier molecular flexibility index (Phi) is 3.53. The number of rotatable bonds is 4. The van der Waals surface area contributed by atoms with Crippen LogP contribution in [0, 0.1) is 5.92 Å². The van der Waals surface area contributed by atoms with E-state index in [9.17, 15) is 14.7 Å². The number of esters is 1. The molecule has 3 rings (SSSR count). The third-order valence-corrected chi connectivity index (χ3v) is 5.41. The van der Waals surface area contributed by atoms with Crippen molar-refractivity contribution in [3.05, 3.63) is 11.6 Å². The number of carbonyl (C=O) groups excluding carboxylic acids is 2. The topological polar surface area (TPSA) is 75.6 Å². The average Bonchev–Trinajstić information content (AvgIpc) is 2.65. The molecule has 2 N–H and O–H groups in total. The second-order valence-corrected chi connectivity index (χ2v) is 6.63. The summed E-state index contributed by atoms with van der Waals surface area (Å²) in [6, 6.07) is 0. The smallest absolute Gasteiger partial charge is 0.339 e. The van der Waals surface area contributed by atoms with Crippen LogP contribution in [0.1, 0.15) is 39.0 Å². The molecule has 6 heteroatoms. The molecule has 2 aliphatic heterocycles. The van der Waals surface area contributed by atoms with E-state index in [1.54, 1.807) is 6.92 Å². The van der Waals surface area contributed by atoms with Crippen molar-refractivity contribution in [1.29, 1.82) is 0 Å². The fourth-order valence-electron chi connectivity index (χ4n) is 3.92. The molecule has 5 nitrogen and oxygen atoms in total. The van der Waals surface area contributed by atoms with E-state index in [1.807, 2.05) is 6.08 Å². The zero-order valence-corrected chi connectivity index (χ0v) is 12.8. The van der Waals surface area contributed by atoms with Gasteiger partial charge in [-0.25, -0.2) is 4.79 Å². The van der Waals surface area contributed by atoms with Gasteiger partial charge in [0.15, 0.2) is 5.60 Å². The highest BCUT2D eigenvalue weighted by Gasteiger charge is 2.79. The minimum Gasteiger partial charge on any atom is -0.453 e. The van der Waals surface area contributed by atoms with Gasteiger partial charge in [0.05, 0.1) is 5.92 Å². The maximum Gasteiger partial charge on any atom is 0.339 e. The molecule has 21 heavy (non-hydrogen) atoms. The van der Waals surface area contributed by atoms with Crippen LogP contribution in [0.2, 0.25) is 0 Å². The van der Waals surface area contributed by atoms with Crippen molar-refractivity contribution in [1.82, 2.24) is 5.32 Å². The number of alkyl halides is 1. The van der Waals surface area contributed by atoms with E-state index >= 15 is 0 Å². The number of halogens is 1. The van der Waals surface area contributed by atoms with Gasteiger partial charge < -0.3 is 15.2 Å². The Morgan fingerprint density at radius 2 is 2.29 bits per heavy atom. The maximum atomic E-state index is 12.2. The van der Waals surface area contributed by atoms with E-state index in [1.165, 1.54) is 0 Å². The summed E-state index contributed by atoms with van der Waals surface area (Å²) in [5.74, 6) is -1.01. The van der Waals surface area contributed by atoms with Gasteiger partial charge in [-0.2, -0.15) is 0 Å². The molecule has 2 saturated heterocycles. The second kappa shape index (κ2) is 4.99. The zero-order chi connectivity index (χ0) is 15.3. The highest BCUT2D eigenvalue weighted by atomic mass is 35.5. The Morgan fingerprint density at radius 1 is 1.52 bits per heavy atom. The molecule has 0 spiro atoms. The summed E-state index contributed by atoms with van der Waals surface area (Å²) >= 11 is 5.76. The Bertz CT molecular complexity index is 520. The number of allylic oxidation sites excluding steroid dienone is 1. The van der Waals surface area contributed by atoms with Gasteiger partial charge in [0.25, 0.3) is 0 Å². The van der Waals surface area contributed by atoms with Gasteiger partial charge in [-0.05, 0) is 44.6 Å². The lowest BCUT2D eigenvalue weighted by molar-refractivity contribution is -0.232. The standard InChI is InChI=1S/C15H20ClNO4/c1-14-10(7-8-16)12(19)17-15(14,13(20)21-14)11(18)9-5-3-2-4-6-9/h5,10-11,18H,2-4,6-8H2,1H3,(H,17,19)/t10-,11-,14-,15-/m0/s1. The van der Waals surface area contributed by atoms with Crippen molar-refractivity contribution in [3.63, 3.8) is 0 Å². The number of hydrogen-bond acceptors (Lipinski definition) is 4. The van der Waals surface area contributed by atoms with E-state index in [0.717, 1.165) is 31.3 Å². The van der Waals surface area contributed by atoms with E-state index in [4.69, 9.17) is 16.3 Å². The van der Waals surface area contributed by atoms with Crippen molar-refractivity contribution in [2.75, 3.05) is 5.88 Å². The summed E-state index contributed by atoms with van der Waals surface area (Å²) < 4.78 is 5.33. The van der Waals surface area contributed by atoms with Crippen LogP contribution in [-0.4, -0.2) is 40.1 Å². The molecule has 0 aromatic carbocycles. The lowest BCUT2D eigenvalue weighted by atomic mass is 9.66. The van der Waals surface area contributed by atoms with Gasteiger partial charge in [-0.1, -0.05) is 6.08 Å². The Hall–Kier alpha value is -1.07. The number of nitrogens with one attached hydrogen (secondary N) is 1. The van der Waals surface area contributed by atoms with Crippen LogP contribution in [0.3, 0.4) is 0 Å². The molecule has 0 saturated carbocycles. The fraction of sp³-hybridized carbons (Fsp3) is 0.733. The van der Waals surface area contributed by atoms with Gasteiger partial charge in [-0.3, -0.25) is 4.79 Å². The number of carbonyl (C=O) groups is 2. The number of ether oxygens (including phenoxy) is 1. The third-order valence-electron chi connectivity index (χ3n) is 5.20. The minimum absolute atomic E-state index is 0.264. The monoisotopic (exact) mass is 313 g/mol. The number of aliphatic hydroxyl groups excluding tert-OH is 1. The summed E-state index contributed by atoms with van der Waals surface area (Å²) in [6.45, 7) is 1.72. The Morgan fingerprint density at radius 3 is 2.86 bits per heavy atom. The quantitative estimate of drug-likeness (QED) is 0.466. The van der Waals surface area contributed by atoms with Crippen LogP contribution < -0.4 is 5.32 Å². The van der Waals surface area contributed by atoms with Crippen LogP contribution in [0.25, 0.3) is 0 Å². The number of hydrogen-bond donors (Lipinski definition) is 2. The van der Waals surface area contributed by atoms with Crippen LogP contribution in [0.4, 0.5) is 0 Å². The first-order chi connectivity index (χ1) is 9.97. The highest BCUT2D eigenvalue weighted by Crippen LogP contribution is 2.53. The van der Waals surface area contributed by atoms with Crippen LogP contribution >= 0.6 is 11.6 Å². The highest BCUT2D eigenvalue weighted by molar-refractivity contribution is 6.18. The van der Waals surface area contributed by atoms with Gasteiger partial charge in [0.1, 0.15) is 6.10 Å². The normalized spacial score (nSPS) is 39.8. The Labute approximate surface area is 128 Å². The van der Waals surface area contributed by atoms with Gasteiger partial charge in [-0.15, -0.1) is 11.6 Å². The van der Waals surface area contributed by atoms with Crippen LogP contribution in [0.15, 0.2) is 11.6 Å². The summed E-state index contributed by atoms with van der Waals surface area (Å²) in [5, 5.41) is 13.5. The van der Waals surface area contributed by atoms with Crippen molar-refractivity contribution in [2.24, 2.45) is 5.92 Å². The molecule has 1 amide bonds. The van der Waals surface area contributed by atoms with Crippen molar-refractivity contribution in [3.8, 4) is 0 Å². The number of amides is 1. The first kappa shape index (κ1) is 14.9. The van der Waals surface area contributed by atoms with Gasteiger partial charge >= 0.3 is 5.97 Å². The second-order valence-electron chi connectivity index (χ2n) is 6.25. The molecule has 2 heterocycles. The van der Waals surface area contributed by atoms with Gasteiger partial charge in [0, 0.05) is 5.88 Å². The number of aliphatic hydroxyl groups is 1. The SMILES string of the molecule is C[C@@]12OC(=O)[C@]1([C@@H](O)C1=CCCCC1)NC(=O)[C@@H]2CCCl. The first-order valence-corrected chi connectivity index (χ1v) is 7.99. The summed E-state index contributed by atoms with van der Waals surface area (Å²) in [5.41, 5.74) is -1.53. The molecule has 0 bridgehead atoms. The van der Waals surface area contributed by atoms with E-state index < -0.39 is 29.1 Å². The molecule has 1 aliphatic carbocycles. The summed E-state index contributed by atoms with van der Waals surface area (Å²) in [6.07, 6.45) is 5.11. The molecular formula is C15H20ClNO4. The average molecular weight is 314 g/mol. The predicted molar refractivity (Wildman–Crippen MR) is 76.8 cm³/mol. The molecule has 2 fully saturated rings. The maximum absolute atomic E-state index is 12.2. The van der Waals surface area contributed by atoms with E-state index in [-0.39, 0.29) is 5.91 Å². The lowest BCUT2D eigenvalue weighted by Crippen LogP contribution is -2.79. The molecule has 0 aromatic heterocycles. The molecular weight excluding hydrogens is 294 g/mol.